The normalized spacial score (nSPS) is 17.8. The van der Waals surface area contributed by atoms with E-state index in [0.717, 1.165) is 50.6 Å². The number of carbonyl (C=O) groups is 2. The lowest BCUT2D eigenvalue weighted by atomic mass is 9.82. The highest BCUT2D eigenvalue weighted by atomic mass is 16.4. The lowest BCUT2D eigenvalue weighted by molar-refractivity contribution is -0.124. The van der Waals surface area contributed by atoms with Gasteiger partial charge in [-0.05, 0) is 88.0 Å². The van der Waals surface area contributed by atoms with Gasteiger partial charge in [-0.1, -0.05) is 49.4 Å². The first-order valence-corrected chi connectivity index (χ1v) is 13.1. The third kappa shape index (κ3) is 6.04. The number of nitrogens with zero attached hydrogens (tertiary/aromatic N) is 3. The summed E-state index contributed by atoms with van der Waals surface area (Å²) in [5, 5.41) is 14.6. The average molecular weight is 488 g/mol. The zero-order valence-corrected chi connectivity index (χ0v) is 21.6. The Morgan fingerprint density at radius 3 is 2.17 bits per heavy atom. The molecule has 0 spiro atoms. The number of benzene rings is 2. The van der Waals surface area contributed by atoms with Crippen LogP contribution in [0.3, 0.4) is 0 Å². The van der Waals surface area contributed by atoms with Gasteiger partial charge in [0.25, 0.3) is 0 Å². The molecule has 36 heavy (non-hydrogen) atoms. The minimum atomic E-state index is -1.08. The molecule has 1 saturated carbocycles. The Kier molecular flexibility index (Phi) is 8.24. The first-order chi connectivity index (χ1) is 17.3. The molecule has 0 aliphatic heterocycles. The van der Waals surface area contributed by atoms with E-state index in [-0.39, 0.29) is 29.2 Å². The van der Waals surface area contributed by atoms with Gasteiger partial charge < -0.3 is 5.11 Å². The molecule has 1 fully saturated rings. The SMILES string of the molecule is CC1CCC(C(=O)N(c2nn(-c3ccc(CCCc4ccccc4)cc3)cc2C(=O)O)C(C)C)CC1. The van der Waals surface area contributed by atoms with Crippen molar-refractivity contribution in [3.63, 3.8) is 0 Å². The lowest BCUT2D eigenvalue weighted by Crippen LogP contribution is -2.43. The van der Waals surface area contributed by atoms with Gasteiger partial charge in [-0.3, -0.25) is 9.69 Å². The fourth-order valence-electron chi connectivity index (χ4n) is 5.09. The highest BCUT2D eigenvalue weighted by Gasteiger charge is 2.34. The average Bonchev–Trinajstić information content (AvgIpc) is 3.30. The summed E-state index contributed by atoms with van der Waals surface area (Å²) < 4.78 is 1.58. The molecule has 3 aromatic rings. The Morgan fingerprint density at radius 2 is 1.58 bits per heavy atom. The van der Waals surface area contributed by atoms with Crippen molar-refractivity contribution in [2.24, 2.45) is 11.8 Å². The van der Waals surface area contributed by atoms with Crippen LogP contribution in [0.2, 0.25) is 0 Å². The molecule has 2 aromatic carbocycles. The summed E-state index contributed by atoms with van der Waals surface area (Å²) in [6.07, 6.45) is 8.33. The van der Waals surface area contributed by atoms with Crippen LogP contribution in [0.1, 0.15) is 74.4 Å². The van der Waals surface area contributed by atoms with E-state index in [2.05, 4.69) is 48.4 Å². The number of rotatable bonds is 9. The van der Waals surface area contributed by atoms with Gasteiger partial charge in [-0.15, -0.1) is 5.10 Å². The van der Waals surface area contributed by atoms with Gasteiger partial charge in [-0.25, -0.2) is 9.48 Å². The highest BCUT2D eigenvalue weighted by molar-refractivity contribution is 6.01. The van der Waals surface area contributed by atoms with Crippen LogP contribution in [-0.4, -0.2) is 32.8 Å². The quantitative estimate of drug-likeness (QED) is 0.384. The second-order valence-electron chi connectivity index (χ2n) is 10.4. The number of carboxylic acid groups (broad SMARTS) is 1. The molecule has 6 nitrogen and oxygen atoms in total. The van der Waals surface area contributed by atoms with Gasteiger partial charge in [0.1, 0.15) is 5.56 Å². The van der Waals surface area contributed by atoms with Crippen LogP contribution < -0.4 is 4.90 Å². The fraction of sp³-hybridized carbons (Fsp3) is 0.433. The molecule has 1 aliphatic rings. The number of amides is 1. The number of aromatic nitrogens is 2. The van der Waals surface area contributed by atoms with Crippen LogP contribution in [0.5, 0.6) is 0 Å². The van der Waals surface area contributed by atoms with Crippen molar-refractivity contribution in [2.45, 2.75) is 71.8 Å². The number of hydrogen-bond acceptors (Lipinski definition) is 3. The molecule has 1 heterocycles. The summed E-state index contributed by atoms with van der Waals surface area (Å²) in [5.74, 6) is -0.307. The van der Waals surface area contributed by atoms with E-state index in [1.807, 2.05) is 32.0 Å². The van der Waals surface area contributed by atoms with E-state index < -0.39 is 5.97 Å². The lowest BCUT2D eigenvalue weighted by Gasteiger charge is -2.32. The van der Waals surface area contributed by atoms with Crippen LogP contribution in [-0.2, 0) is 17.6 Å². The first kappa shape index (κ1) is 25.7. The maximum Gasteiger partial charge on any atom is 0.341 e. The molecular weight excluding hydrogens is 450 g/mol. The number of aryl methyl sites for hydroxylation is 2. The summed E-state index contributed by atoms with van der Waals surface area (Å²) >= 11 is 0. The molecule has 0 unspecified atom stereocenters. The molecular formula is C30H37N3O3. The monoisotopic (exact) mass is 487 g/mol. The highest BCUT2D eigenvalue weighted by Crippen LogP contribution is 2.32. The molecule has 0 bridgehead atoms. The van der Waals surface area contributed by atoms with E-state index in [0.29, 0.717) is 5.92 Å². The molecule has 0 saturated heterocycles. The van der Waals surface area contributed by atoms with Crippen molar-refractivity contribution < 1.29 is 14.7 Å². The first-order valence-electron chi connectivity index (χ1n) is 13.1. The molecule has 6 heteroatoms. The summed E-state index contributed by atoms with van der Waals surface area (Å²) in [5.41, 5.74) is 3.39. The smallest absolute Gasteiger partial charge is 0.341 e. The van der Waals surface area contributed by atoms with Crippen molar-refractivity contribution in [1.82, 2.24) is 9.78 Å². The molecule has 4 rings (SSSR count). The Hall–Kier alpha value is -3.41. The van der Waals surface area contributed by atoms with Crippen LogP contribution in [0.15, 0.2) is 60.8 Å². The fourth-order valence-corrected chi connectivity index (χ4v) is 5.09. The van der Waals surface area contributed by atoms with Gasteiger partial charge in [0.2, 0.25) is 5.91 Å². The number of carbonyl (C=O) groups excluding carboxylic acids is 1. The number of anilines is 1. The van der Waals surface area contributed by atoms with E-state index in [1.165, 1.54) is 17.3 Å². The molecule has 1 amide bonds. The van der Waals surface area contributed by atoms with Crippen molar-refractivity contribution in [1.29, 1.82) is 0 Å². The maximum absolute atomic E-state index is 13.5. The predicted molar refractivity (Wildman–Crippen MR) is 143 cm³/mol. The van der Waals surface area contributed by atoms with Crippen LogP contribution in [0, 0.1) is 11.8 Å². The Bertz CT molecular complexity index is 1160. The predicted octanol–water partition coefficient (Wildman–Crippen LogP) is 6.31. The van der Waals surface area contributed by atoms with E-state index in [4.69, 9.17) is 0 Å². The van der Waals surface area contributed by atoms with Gasteiger partial charge in [0, 0.05) is 18.2 Å². The second-order valence-corrected chi connectivity index (χ2v) is 10.4. The van der Waals surface area contributed by atoms with Crippen LogP contribution in [0.4, 0.5) is 5.82 Å². The number of hydrogen-bond donors (Lipinski definition) is 1. The minimum absolute atomic E-state index is 0.0154. The molecule has 0 radical (unpaired) electrons. The zero-order valence-electron chi connectivity index (χ0n) is 21.6. The van der Waals surface area contributed by atoms with Gasteiger partial charge in [0.05, 0.1) is 5.69 Å². The van der Waals surface area contributed by atoms with Gasteiger partial charge in [0.15, 0.2) is 5.82 Å². The van der Waals surface area contributed by atoms with Crippen molar-refractivity contribution in [3.8, 4) is 5.69 Å². The summed E-state index contributed by atoms with van der Waals surface area (Å²) in [6, 6.07) is 18.3. The summed E-state index contributed by atoms with van der Waals surface area (Å²) in [7, 11) is 0. The number of carboxylic acids is 1. The molecule has 190 valence electrons. The molecule has 1 N–H and O–H groups in total. The van der Waals surface area contributed by atoms with E-state index in [9.17, 15) is 14.7 Å². The van der Waals surface area contributed by atoms with Gasteiger partial charge >= 0.3 is 5.97 Å². The topological polar surface area (TPSA) is 75.4 Å². The third-order valence-electron chi connectivity index (χ3n) is 7.25. The minimum Gasteiger partial charge on any atom is -0.477 e. The maximum atomic E-state index is 13.5. The molecule has 1 aromatic heterocycles. The van der Waals surface area contributed by atoms with E-state index >= 15 is 0 Å². The summed E-state index contributed by atoms with van der Waals surface area (Å²) in [4.78, 5) is 27.2. The van der Waals surface area contributed by atoms with Crippen LogP contribution >= 0.6 is 0 Å². The second kappa shape index (κ2) is 11.5. The molecule has 0 atom stereocenters. The number of aromatic carboxylic acids is 1. The Balaban J connectivity index is 1.51. The Labute approximate surface area is 213 Å². The van der Waals surface area contributed by atoms with Crippen LogP contribution in [0.25, 0.3) is 5.69 Å². The van der Waals surface area contributed by atoms with E-state index in [1.54, 1.807) is 9.58 Å². The van der Waals surface area contributed by atoms with Crippen molar-refractivity contribution in [3.05, 3.63) is 77.5 Å². The Morgan fingerprint density at radius 1 is 0.972 bits per heavy atom. The standard InChI is InChI=1S/C30H37N3O3/c1-21(2)33(29(34)25-16-12-22(3)13-17-25)28-27(30(35)36)20-32(31-28)26-18-14-24(15-19-26)11-7-10-23-8-5-4-6-9-23/h4-6,8-9,14-15,18-22,25H,7,10-13,16-17H2,1-3H3,(H,35,36). The zero-order chi connectivity index (χ0) is 25.7. The van der Waals surface area contributed by atoms with Crippen molar-refractivity contribution in [2.75, 3.05) is 4.90 Å². The largest absolute Gasteiger partial charge is 0.477 e. The van der Waals surface area contributed by atoms with Crippen molar-refractivity contribution >= 4 is 17.7 Å². The third-order valence-corrected chi connectivity index (χ3v) is 7.25. The molecule has 1 aliphatic carbocycles. The summed E-state index contributed by atoms with van der Waals surface area (Å²) in [6.45, 7) is 6.05. The van der Waals surface area contributed by atoms with Gasteiger partial charge in [-0.2, -0.15) is 0 Å².